The van der Waals surface area contributed by atoms with E-state index in [2.05, 4.69) is 11.8 Å². The Morgan fingerprint density at radius 3 is 2.00 bits per heavy atom. The zero-order valence-electron chi connectivity index (χ0n) is 13.4. The predicted molar refractivity (Wildman–Crippen MR) is 85.9 cm³/mol. The van der Waals surface area contributed by atoms with Crippen molar-refractivity contribution in [2.24, 2.45) is 0 Å². The lowest BCUT2D eigenvalue weighted by molar-refractivity contribution is -0.141. The molecule has 0 saturated heterocycles. The number of hydrogen-bond acceptors (Lipinski definition) is 6. The highest BCUT2D eigenvalue weighted by molar-refractivity contribution is 5.66. The number of esters is 2. The first-order valence-electron chi connectivity index (χ1n) is 7.24. The smallest absolute Gasteiger partial charge is 0.302 e. The minimum atomic E-state index is -0.334. The molecule has 0 spiro atoms. The second-order valence-electron chi connectivity index (χ2n) is 4.67. The maximum absolute atomic E-state index is 10.9. The summed E-state index contributed by atoms with van der Waals surface area (Å²) in [5.74, 6) is 4.74. The second kappa shape index (κ2) is 10.2. The van der Waals surface area contributed by atoms with E-state index in [1.165, 1.54) is 13.8 Å². The SMILES string of the molecule is CC(=O)OCCN(CCOC(C)=O)c1ccc(C#CCO)cc1. The van der Waals surface area contributed by atoms with Gasteiger partial charge in [0, 0.05) is 25.1 Å². The van der Waals surface area contributed by atoms with Crippen LogP contribution >= 0.6 is 0 Å². The Hall–Kier alpha value is -2.52. The van der Waals surface area contributed by atoms with Gasteiger partial charge in [0.15, 0.2) is 0 Å². The zero-order valence-corrected chi connectivity index (χ0v) is 13.4. The van der Waals surface area contributed by atoms with Crippen LogP contribution in [0.3, 0.4) is 0 Å². The van der Waals surface area contributed by atoms with Crippen LogP contribution in [0.2, 0.25) is 0 Å². The normalized spacial score (nSPS) is 9.52. The van der Waals surface area contributed by atoms with Crippen molar-refractivity contribution in [1.82, 2.24) is 0 Å². The summed E-state index contributed by atoms with van der Waals surface area (Å²) in [6, 6.07) is 7.43. The first kappa shape index (κ1) is 18.5. The molecule has 6 nitrogen and oxygen atoms in total. The lowest BCUT2D eigenvalue weighted by Gasteiger charge is -2.24. The van der Waals surface area contributed by atoms with Crippen molar-refractivity contribution in [3.05, 3.63) is 29.8 Å². The number of carbonyl (C=O) groups is 2. The summed E-state index contributed by atoms with van der Waals surface area (Å²) in [5.41, 5.74) is 1.70. The molecule has 0 heterocycles. The summed E-state index contributed by atoms with van der Waals surface area (Å²) >= 11 is 0. The summed E-state index contributed by atoms with van der Waals surface area (Å²) in [4.78, 5) is 23.7. The van der Waals surface area contributed by atoms with Gasteiger partial charge in [-0.3, -0.25) is 9.59 Å². The van der Waals surface area contributed by atoms with Crippen LogP contribution in [0.15, 0.2) is 24.3 Å². The van der Waals surface area contributed by atoms with Crippen LogP contribution in [0.25, 0.3) is 0 Å². The molecule has 1 aromatic rings. The van der Waals surface area contributed by atoms with E-state index >= 15 is 0 Å². The van der Waals surface area contributed by atoms with Gasteiger partial charge in [0.25, 0.3) is 0 Å². The minimum Gasteiger partial charge on any atom is -0.464 e. The van der Waals surface area contributed by atoms with E-state index in [4.69, 9.17) is 14.6 Å². The van der Waals surface area contributed by atoms with E-state index in [-0.39, 0.29) is 31.8 Å². The molecule has 0 aliphatic heterocycles. The van der Waals surface area contributed by atoms with Gasteiger partial charge in [-0.15, -0.1) is 0 Å². The maximum atomic E-state index is 10.9. The van der Waals surface area contributed by atoms with E-state index in [0.29, 0.717) is 13.1 Å². The van der Waals surface area contributed by atoms with E-state index in [0.717, 1.165) is 11.3 Å². The molecule has 1 aromatic carbocycles. The Bertz CT molecular complexity index is 551. The molecule has 0 aliphatic rings. The van der Waals surface area contributed by atoms with Crippen LogP contribution in [0.4, 0.5) is 5.69 Å². The number of ether oxygens (including phenoxy) is 2. The summed E-state index contributed by atoms with van der Waals surface area (Å²) < 4.78 is 9.92. The van der Waals surface area contributed by atoms with Gasteiger partial charge < -0.3 is 19.5 Å². The highest BCUT2D eigenvalue weighted by Gasteiger charge is 2.08. The molecule has 0 amide bonds. The van der Waals surface area contributed by atoms with Gasteiger partial charge in [-0.05, 0) is 24.3 Å². The molecular formula is C17H21NO5. The molecule has 6 heteroatoms. The summed E-state index contributed by atoms with van der Waals surface area (Å²) in [7, 11) is 0. The third-order valence-corrected chi connectivity index (χ3v) is 2.88. The van der Waals surface area contributed by atoms with Crippen molar-refractivity contribution in [3.63, 3.8) is 0 Å². The lowest BCUT2D eigenvalue weighted by atomic mass is 10.2. The quantitative estimate of drug-likeness (QED) is 0.596. The van der Waals surface area contributed by atoms with Crippen molar-refractivity contribution in [3.8, 4) is 11.8 Å². The molecular weight excluding hydrogens is 298 g/mol. The van der Waals surface area contributed by atoms with Crippen molar-refractivity contribution in [2.75, 3.05) is 37.8 Å². The molecule has 1 N–H and O–H groups in total. The average Bonchev–Trinajstić information content (AvgIpc) is 2.51. The molecule has 23 heavy (non-hydrogen) atoms. The number of carbonyl (C=O) groups excluding carboxylic acids is 2. The average molecular weight is 319 g/mol. The van der Waals surface area contributed by atoms with Crippen LogP contribution in [-0.4, -0.2) is 50.0 Å². The summed E-state index contributed by atoms with van der Waals surface area (Å²) in [5, 5.41) is 8.69. The van der Waals surface area contributed by atoms with Gasteiger partial charge in [-0.1, -0.05) is 11.8 Å². The highest BCUT2D eigenvalue weighted by atomic mass is 16.5. The Balaban J connectivity index is 2.71. The molecule has 0 unspecified atom stereocenters. The molecule has 0 aromatic heterocycles. The number of hydrogen-bond donors (Lipinski definition) is 1. The Morgan fingerprint density at radius 2 is 1.57 bits per heavy atom. The van der Waals surface area contributed by atoms with Crippen LogP contribution in [-0.2, 0) is 19.1 Å². The van der Waals surface area contributed by atoms with Crippen molar-refractivity contribution >= 4 is 17.6 Å². The second-order valence-corrected chi connectivity index (χ2v) is 4.67. The first-order chi connectivity index (χ1) is 11.0. The lowest BCUT2D eigenvalue weighted by Crippen LogP contribution is -2.31. The number of benzene rings is 1. The van der Waals surface area contributed by atoms with Crippen LogP contribution in [0.1, 0.15) is 19.4 Å². The summed E-state index contributed by atoms with van der Waals surface area (Å²) in [6.07, 6.45) is 0. The number of rotatable bonds is 7. The van der Waals surface area contributed by atoms with Gasteiger partial charge in [-0.2, -0.15) is 0 Å². The number of aliphatic hydroxyl groups excluding tert-OH is 1. The number of aliphatic hydroxyl groups is 1. The van der Waals surface area contributed by atoms with E-state index in [9.17, 15) is 9.59 Å². The van der Waals surface area contributed by atoms with Crippen molar-refractivity contribution in [2.45, 2.75) is 13.8 Å². The van der Waals surface area contributed by atoms with E-state index in [1.54, 1.807) is 0 Å². The van der Waals surface area contributed by atoms with Crippen LogP contribution < -0.4 is 4.90 Å². The van der Waals surface area contributed by atoms with Gasteiger partial charge >= 0.3 is 11.9 Å². The first-order valence-corrected chi connectivity index (χ1v) is 7.24. The van der Waals surface area contributed by atoms with Gasteiger partial charge in [0.05, 0.1) is 13.1 Å². The third-order valence-electron chi connectivity index (χ3n) is 2.88. The predicted octanol–water partition coefficient (Wildman–Crippen LogP) is 0.963. The molecule has 0 fully saturated rings. The standard InChI is InChI=1S/C17H21NO5/c1-14(20)22-12-9-18(10-13-23-15(2)21)17-7-5-16(6-8-17)4-3-11-19/h5-8,19H,9-13H2,1-2H3. The Kier molecular flexibility index (Phi) is 8.25. The Labute approximate surface area is 136 Å². The van der Waals surface area contributed by atoms with Crippen LogP contribution in [0.5, 0.6) is 0 Å². The fourth-order valence-electron chi connectivity index (χ4n) is 1.87. The number of nitrogens with zero attached hydrogens (tertiary/aromatic N) is 1. The fraction of sp³-hybridized carbons (Fsp3) is 0.412. The molecule has 0 aliphatic carbocycles. The summed E-state index contributed by atoms with van der Waals surface area (Å²) in [6.45, 7) is 4.02. The monoisotopic (exact) mass is 319 g/mol. The largest absolute Gasteiger partial charge is 0.464 e. The van der Waals surface area contributed by atoms with Crippen molar-refractivity contribution in [1.29, 1.82) is 0 Å². The maximum Gasteiger partial charge on any atom is 0.302 e. The minimum absolute atomic E-state index is 0.182. The molecule has 0 atom stereocenters. The molecule has 1 rings (SSSR count). The van der Waals surface area contributed by atoms with Gasteiger partial charge in [0.1, 0.15) is 19.8 Å². The topological polar surface area (TPSA) is 76.1 Å². The third kappa shape index (κ3) is 7.88. The van der Waals surface area contributed by atoms with E-state index in [1.807, 2.05) is 29.2 Å². The Morgan fingerprint density at radius 1 is 1.04 bits per heavy atom. The molecule has 0 saturated carbocycles. The molecule has 0 radical (unpaired) electrons. The van der Waals surface area contributed by atoms with Crippen molar-refractivity contribution < 1.29 is 24.2 Å². The molecule has 124 valence electrons. The van der Waals surface area contributed by atoms with Gasteiger partial charge in [-0.25, -0.2) is 0 Å². The van der Waals surface area contributed by atoms with E-state index < -0.39 is 0 Å². The van der Waals surface area contributed by atoms with Crippen LogP contribution in [0, 0.1) is 11.8 Å². The highest BCUT2D eigenvalue weighted by Crippen LogP contribution is 2.15. The number of anilines is 1. The van der Waals surface area contributed by atoms with Gasteiger partial charge in [0.2, 0.25) is 0 Å². The zero-order chi connectivity index (χ0) is 17.1. The molecule has 0 bridgehead atoms. The fourth-order valence-corrected chi connectivity index (χ4v) is 1.87.